The first-order valence-corrected chi connectivity index (χ1v) is 9.66. The zero-order valence-electron chi connectivity index (χ0n) is 15.1. The summed E-state index contributed by atoms with van der Waals surface area (Å²) in [5.74, 6) is 0.405. The van der Waals surface area contributed by atoms with Gasteiger partial charge in [0.1, 0.15) is 5.75 Å². The van der Waals surface area contributed by atoms with Gasteiger partial charge < -0.3 is 15.0 Å². The van der Waals surface area contributed by atoms with Gasteiger partial charge in [0, 0.05) is 24.3 Å². The number of benzene rings is 2. The quantitative estimate of drug-likeness (QED) is 0.738. The highest BCUT2D eigenvalue weighted by Crippen LogP contribution is 2.30. The van der Waals surface area contributed by atoms with Crippen LogP contribution in [0.15, 0.2) is 42.5 Å². The monoisotopic (exact) mass is 403 g/mol. The molecule has 0 spiro atoms. The lowest BCUT2D eigenvalue weighted by Gasteiger charge is -2.29. The summed E-state index contributed by atoms with van der Waals surface area (Å²) in [4.78, 5) is 14.6. The fraction of sp³-hybridized carbons (Fsp3) is 0.300. The van der Waals surface area contributed by atoms with Gasteiger partial charge in [-0.05, 0) is 73.9 Å². The average Bonchev–Trinajstić information content (AvgIpc) is 2.68. The molecule has 1 aliphatic heterocycles. The van der Waals surface area contributed by atoms with Crippen LogP contribution in [0.1, 0.15) is 29.6 Å². The van der Waals surface area contributed by atoms with Crippen LogP contribution >= 0.6 is 23.8 Å². The summed E-state index contributed by atoms with van der Waals surface area (Å²) in [6, 6.07) is 12.6. The Morgan fingerprint density at radius 2 is 1.81 bits per heavy atom. The second-order valence-electron chi connectivity index (χ2n) is 6.35. The number of amides is 1. The van der Waals surface area contributed by atoms with E-state index in [-0.39, 0.29) is 11.0 Å². The highest BCUT2D eigenvalue weighted by molar-refractivity contribution is 7.80. The van der Waals surface area contributed by atoms with Crippen LogP contribution in [0.4, 0.5) is 11.4 Å². The summed E-state index contributed by atoms with van der Waals surface area (Å²) in [7, 11) is 1.58. The molecule has 2 aromatic carbocycles. The van der Waals surface area contributed by atoms with Crippen LogP contribution in [0.3, 0.4) is 0 Å². The molecule has 0 bridgehead atoms. The molecule has 0 atom stereocenters. The van der Waals surface area contributed by atoms with Crippen LogP contribution in [0, 0.1) is 0 Å². The van der Waals surface area contributed by atoms with E-state index in [1.807, 2.05) is 18.2 Å². The van der Waals surface area contributed by atoms with Crippen LogP contribution in [0.5, 0.6) is 5.75 Å². The van der Waals surface area contributed by atoms with E-state index in [0.29, 0.717) is 16.3 Å². The van der Waals surface area contributed by atoms with Crippen molar-refractivity contribution in [1.82, 2.24) is 5.32 Å². The Kier molecular flexibility index (Phi) is 6.53. The molecule has 1 amide bonds. The lowest BCUT2D eigenvalue weighted by molar-refractivity contribution is 0.0977. The molecule has 1 saturated heterocycles. The molecule has 1 aliphatic rings. The highest BCUT2D eigenvalue weighted by atomic mass is 35.5. The molecule has 1 heterocycles. The summed E-state index contributed by atoms with van der Waals surface area (Å²) in [6.45, 7) is 2.06. The van der Waals surface area contributed by atoms with E-state index in [4.69, 9.17) is 28.6 Å². The first-order chi connectivity index (χ1) is 13.1. The lowest BCUT2D eigenvalue weighted by atomic mass is 10.1. The van der Waals surface area contributed by atoms with Crippen molar-refractivity contribution in [2.24, 2.45) is 0 Å². The number of ether oxygens (including phenoxy) is 1. The van der Waals surface area contributed by atoms with E-state index in [0.717, 1.165) is 24.5 Å². The Bertz CT molecular complexity index is 820. The largest absolute Gasteiger partial charge is 0.497 e. The van der Waals surface area contributed by atoms with Crippen molar-refractivity contribution in [3.05, 3.63) is 53.1 Å². The summed E-state index contributed by atoms with van der Waals surface area (Å²) in [6.07, 6.45) is 3.66. The van der Waals surface area contributed by atoms with E-state index in [1.54, 1.807) is 31.4 Å². The maximum atomic E-state index is 12.3. The number of carbonyl (C=O) groups excluding carboxylic acids is 1. The number of rotatable bonds is 4. The third-order valence-corrected chi connectivity index (χ3v) is 4.99. The number of anilines is 2. The fourth-order valence-corrected chi connectivity index (χ4v) is 3.57. The number of halogens is 1. The van der Waals surface area contributed by atoms with E-state index in [2.05, 4.69) is 15.5 Å². The molecule has 142 valence electrons. The molecule has 7 heteroatoms. The fourth-order valence-electron chi connectivity index (χ4n) is 3.06. The predicted molar refractivity (Wildman–Crippen MR) is 114 cm³/mol. The molecule has 1 fully saturated rings. The Labute approximate surface area is 169 Å². The zero-order chi connectivity index (χ0) is 19.2. The maximum absolute atomic E-state index is 12.3. The number of nitrogens with one attached hydrogen (secondary N) is 2. The molecule has 0 saturated carbocycles. The number of nitrogens with zero attached hydrogens (tertiary/aromatic N) is 1. The standard InChI is InChI=1S/C20H22ClN3O2S/c1-26-16-8-5-14(6-9-16)19(25)23-20(27)22-15-7-10-18(17(21)13-15)24-11-3-2-4-12-24/h5-10,13H,2-4,11-12H2,1H3,(H2,22,23,25,27). The van der Waals surface area contributed by atoms with Gasteiger partial charge in [-0.2, -0.15) is 0 Å². The number of hydrogen-bond acceptors (Lipinski definition) is 4. The molecule has 0 aromatic heterocycles. The number of piperidine rings is 1. The predicted octanol–water partition coefficient (Wildman–Crippen LogP) is 4.47. The molecule has 27 heavy (non-hydrogen) atoms. The minimum atomic E-state index is -0.286. The molecule has 0 unspecified atom stereocenters. The number of hydrogen-bond donors (Lipinski definition) is 2. The van der Waals surface area contributed by atoms with Gasteiger partial charge in [-0.1, -0.05) is 11.6 Å². The number of thiocarbonyl (C=S) groups is 1. The first-order valence-electron chi connectivity index (χ1n) is 8.88. The van der Waals surface area contributed by atoms with E-state index >= 15 is 0 Å². The molecule has 3 rings (SSSR count). The van der Waals surface area contributed by atoms with Crippen LogP contribution in [0.2, 0.25) is 5.02 Å². The van der Waals surface area contributed by atoms with Gasteiger partial charge in [0.25, 0.3) is 5.91 Å². The first kappa shape index (κ1) is 19.5. The molecule has 2 N–H and O–H groups in total. The van der Waals surface area contributed by atoms with Gasteiger partial charge in [0.15, 0.2) is 5.11 Å². The zero-order valence-corrected chi connectivity index (χ0v) is 16.7. The molecular weight excluding hydrogens is 382 g/mol. The summed E-state index contributed by atoms with van der Waals surface area (Å²) >= 11 is 11.7. The SMILES string of the molecule is COc1ccc(C(=O)NC(=S)Nc2ccc(N3CCCCC3)c(Cl)c2)cc1. The highest BCUT2D eigenvalue weighted by Gasteiger charge is 2.14. The molecule has 0 aliphatic carbocycles. The van der Waals surface area contributed by atoms with Gasteiger partial charge in [0.2, 0.25) is 0 Å². The molecular formula is C20H22ClN3O2S. The third kappa shape index (κ3) is 5.11. The third-order valence-electron chi connectivity index (χ3n) is 4.48. The van der Waals surface area contributed by atoms with Crippen LogP contribution in [0.25, 0.3) is 0 Å². The van der Waals surface area contributed by atoms with Gasteiger partial charge >= 0.3 is 0 Å². The Balaban J connectivity index is 1.59. The van der Waals surface area contributed by atoms with Crippen molar-refractivity contribution in [3.8, 4) is 5.75 Å². The van der Waals surface area contributed by atoms with Crippen LogP contribution in [-0.2, 0) is 0 Å². The summed E-state index contributed by atoms with van der Waals surface area (Å²) in [5, 5.41) is 6.57. The summed E-state index contributed by atoms with van der Waals surface area (Å²) in [5.41, 5.74) is 2.27. The Hall–Kier alpha value is -2.31. The van der Waals surface area contributed by atoms with E-state index in [9.17, 15) is 4.79 Å². The van der Waals surface area contributed by atoms with Gasteiger partial charge in [-0.3, -0.25) is 10.1 Å². The van der Waals surface area contributed by atoms with Crippen molar-refractivity contribution in [2.45, 2.75) is 19.3 Å². The topological polar surface area (TPSA) is 53.6 Å². The normalized spacial score (nSPS) is 13.8. The van der Waals surface area contributed by atoms with Crippen molar-refractivity contribution in [3.63, 3.8) is 0 Å². The van der Waals surface area contributed by atoms with Crippen molar-refractivity contribution >= 4 is 46.2 Å². The van der Waals surface area contributed by atoms with Gasteiger partial charge in [-0.15, -0.1) is 0 Å². The van der Waals surface area contributed by atoms with Gasteiger partial charge in [-0.25, -0.2) is 0 Å². The molecule has 0 radical (unpaired) electrons. The van der Waals surface area contributed by atoms with Crippen molar-refractivity contribution in [1.29, 1.82) is 0 Å². The minimum Gasteiger partial charge on any atom is -0.497 e. The minimum absolute atomic E-state index is 0.220. The number of carbonyl (C=O) groups is 1. The van der Waals surface area contributed by atoms with Crippen molar-refractivity contribution < 1.29 is 9.53 Å². The molecule has 5 nitrogen and oxygen atoms in total. The van der Waals surface area contributed by atoms with Crippen LogP contribution < -0.4 is 20.3 Å². The van der Waals surface area contributed by atoms with Crippen molar-refractivity contribution in [2.75, 3.05) is 30.4 Å². The summed E-state index contributed by atoms with van der Waals surface area (Å²) < 4.78 is 5.09. The van der Waals surface area contributed by atoms with Gasteiger partial charge in [0.05, 0.1) is 17.8 Å². The smallest absolute Gasteiger partial charge is 0.257 e. The lowest BCUT2D eigenvalue weighted by Crippen LogP contribution is -2.34. The maximum Gasteiger partial charge on any atom is 0.257 e. The average molecular weight is 404 g/mol. The Morgan fingerprint density at radius 3 is 2.44 bits per heavy atom. The van der Waals surface area contributed by atoms with E-state index in [1.165, 1.54) is 19.3 Å². The van der Waals surface area contributed by atoms with Crippen LogP contribution in [-0.4, -0.2) is 31.2 Å². The second kappa shape index (κ2) is 9.06. The second-order valence-corrected chi connectivity index (χ2v) is 7.17. The molecule has 2 aromatic rings. The number of methoxy groups -OCH3 is 1. The van der Waals surface area contributed by atoms with E-state index < -0.39 is 0 Å². The Morgan fingerprint density at radius 1 is 1.11 bits per heavy atom.